The minimum absolute atomic E-state index is 0.0814. The highest BCUT2D eigenvalue weighted by atomic mass is 19.2. The van der Waals surface area contributed by atoms with Gasteiger partial charge >= 0.3 is 0 Å². The molecule has 3 aromatic rings. The lowest BCUT2D eigenvalue weighted by atomic mass is 10.0. The summed E-state index contributed by atoms with van der Waals surface area (Å²) in [5, 5.41) is 13.6. The first kappa shape index (κ1) is 22.2. The van der Waals surface area contributed by atoms with E-state index in [0.29, 0.717) is 29.2 Å². The molecule has 0 bridgehead atoms. The number of anilines is 1. The van der Waals surface area contributed by atoms with Gasteiger partial charge in [0.2, 0.25) is 0 Å². The van der Waals surface area contributed by atoms with Crippen LogP contribution < -0.4 is 5.32 Å². The summed E-state index contributed by atoms with van der Waals surface area (Å²) in [6.07, 6.45) is 0.940. The van der Waals surface area contributed by atoms with Crippen LogP contribution in [0.25, 0.3) is 22.4 Å². The van der Waals surface area contributed by atoms with E-state index in [-0.39, 0.29) is 11.3 Å². The maximum Gasteiger partial charge on any atom is 0.166 e. The summed E-state index contributed by atoms with van der Waals surface area (Å²) in [5.74, 6) is -1.16. The van der Waals surface area contributed by atoms with E-state index in [1.54, 1.807) is 42.5 Å². The second-order valence-corrected chi connectivity index (χ2v) is 8.17. The molecule has 0 radical (unpaired) electrons. The van der Waals surface area contributed by atoms with Crippen molar-refractivity contribution in [2.45, 2.75) is 6.42 Å². The molecule has 1 aliphatic rings. The highest BCUT2D eigenvalue weighted by Crippen LogP contribution is 2.33. The number of piperazine rings is 1. The highest BCUT2D eigenvalue weighted by molar-refractivity contribution is 5.76. The molecule has 1 saturated heterocycles. The van der Waals surface area contributed by atoms with Crippen molar-refractivity contribution >= 4 is 5.82 Å². The van der Waals surface area contributed by atoms with Gasteiger partial charge in [-0.25, -0.2) is 13.8 Å². The normalized spacial score (nSPS) is 15.1. The van der Waals surface area contributed by atoms with Crippen LogP contribution in [0.5, 0.6) is 5.75 Å². The van der Waals surface area contributed by atoms with Crippen molar-refractivity contribution in [3.8, 4) is 28.1 Å². The first-order valence-corrected chi connectivity index (χ1v) is 10.9. The number of nitrogens with one attached hydrogen (secondary N) is 1. The van der Waals surface area contributed by atoms with Gasteiger partial charge in [0.05, 0.1) is 5.69 Å². The Kier molecular flexibility index (Phi) is 6.97. The van der Waals surface area contributed by atoms with Crippen molar-refractivity contribution in [3.63, 3.8) is 0 Å². The van der Waals surface area contributed by atoms with Crippen molar-refractivity contribution in [1.29, 1.82) is 0 Å². The average Bonchev–Trinajstić information content (AvgIpc) is 2.80. The molecule has 1 fully saturated rings. The standard InChI is InChI=1S/C25H28F2N4O/c1-30-12-14-31(15-13-30)11-5-10-28-24-17-18(19-7-4-8-21(26)25(19)27)16-22(29-24)20-6-2-3-9-23(20)32/h2-4,6-9,16-17,32H,5,10-15H2,1H3,(H,28,29). The molecule has 0 atom stereocenters. The number of hydrogen-bond acceptors (Lipinski definition) is 5. The van der Waals surface area contributed by atoms with Gasteiger partial charge in [-0.15, -0.1) is 0 Å². The molecule has 5 nitrogen and oxygen atoms in total. The summed E-state index contributed by atoms with van der Waals surface area (Å²) in [6, 6.07) is 14.4. The first-order valence-electron chi connectivity index (χ1n) is 10.9. The van der Waals surface area contributed by atoms with Crippen LogP contribution in [-0.2, 0) is 0 Å². The molecular weight excluding hydrogens is 410 g/mol. The number of pyridine rings is 1. The Morgan fingerprint density at radius 3 is 2.50 bits per heavy atom. The van der Waals surface area contributed by atoms with Gasteiger partial charge < -0.3 is 20.2 Å². The number of aromatic nitrogens is 1. The summed E-state index contributed by atoms with van der Waals surface area (Å²) in [4.78, 5) is 9.40. The van der Waals surface area contributed by atoms with Crippen LogP contribution >= 0.6 is 0 Å². The van der Waals surface area contributed by atoms with Gasteiger partial charge in [0, 0.05) is 43.9 Å². The number of phenols is 1. The second-order valence-electron chi connectivity index (χ2n) is 8.17. The van der Waals surface area contributed by atoms with Crippen molar-refractivity contribution < 1.29 is 13.9 Å². The molecule has 168 valence electrons. The summed E-state index contributed by atoms with van der Waals surface area (Å²) in [6.45, 7) is 6.00. The summed E-state index contributed by atoms with van der Waals surface area (Å²) in [5.41, 5.74) is 1.68. The Morgan fingerprint density at radius 1 is 0.969 bits per heavy atom. The van der Waals surface area contributed by atoms with Crippen LogP contribution in [0.1, 0.15) is 6.42 Å². The molecule has 2 aromatic carbocycles. The van der Waals surface area contributed by atoms with Crippen molar-refractivity contribution in [2.75, 3.05) is 51.6 Å². The third-order valence-electron chi connectivity index (χ3n) is 5.82. The fourth-order valence-corrected chi connectivity index (χ4v) is 3.92. The zero-order valence-corrected chi connectivity index (χ0v) is 18.2. The minimum atomic E-state index is -0.900. The van der Waals surface area contributed by atoms with Crippen LogP contribution in [0.15, 0.2) is 54.6 Å². The quantitative estimate of drug-likeness (QED) is 0.534. The molecule has 2 N–H and O–H groups in total. The Labute approximate surface area is 187 Å². The maximum absolute atomic E-state index is 14.5. The van der Waals surface area contributed by atoms with Crippen LogP contribution in [0.2, 0.25) is 0 Å². The smallest absolute Gasteiger partial charge is 0.166 e. The molecule has 1 aliphatic heterocycles. The molecule has 4 rings (SSSR count). The monoisotopic (exact) mass is 438 g/mol. The molecule has 0 amide bonds. The lowest BCUT2D eigenvalue weighted by molar-refractivity contribution is 0.154. The molecular formula is C25H28F2N4O. The lowest BCUT2D eigenvalue weighted by Gasteiger charge is -2.32. The number of phenolic OH excluding ortho intramolecular Hbond substituents is 1. The Balaban J connectivity index is 1.55. The number of aromatic hydroxyl groups is 1. The zero-order valence-electron chi connectivity index (χ0n) is 18.2. The Bertz CT molecular complexity index is 1070. The molecule has 1 aromatic heterocycles. The van der Waals surface area contributed by atoms with E-state index >= 15 is 0 Å². The van der Waals surface area contributed by atoms with E-state index in [4.69, 9.17) is 0 Å². The van der Waals surface area contributed by atoms with Crippen molar-refractivity contribution in [3.05, 3.63) is 66.2 Å². The van der Waals surface area contributed by atoms with Crippen molar-refractivity contribution in [1.82, 2.24) is 14.8 Å². The summed E-state index contributed by atoms with van der Waals surface area (Å²) in [7, 11) is 2.14. The SMILES string of the molecule is CN1CCN(CCCNc2cc(-c3cccc(F)c3F)cc(-c3ccccc3O)n2)CC1. The van der Waals surface area contributed by atoms with Crippen molar-refractivity contribution in [2.24, 2.45) is 0 Å². The number of hydrogen-bond donors (Lipinski definition) is 2. The van der Waals surface area contributed by atoms with E-state index in [0.717, 1.165) is 45.2 Å². The maximum atomic E-state index is 14.5. The number of benzene rings is 2. The topological polar surface area (TPSA) is 51.6 Å². The largest absolute Gasteiger partial charge is 0.507 e. The molecule has 0 spiro atoms. The van der Waals surface area contributed by atoms with E-state index in [9.17, 15) is 13.9 Å². The number of likely N-dealkylation sites (N-methyl/N-ethyl adjacent to an activating group) is 1. The third kappa shape index (κ3) is 5.23. The summed E-state index contributed by atoms with van der Waals surface area (Å²) >= 11 is 0. The Hall–Kier alpha value is -3.03. The fraction of sp³-hybridized carbons (Fsp3) is 0.320. The van der Waals surface area contributed by atoms with Gasteiger partial charge in [-0.2, -0.15) is 0 Å². The molecule has 2 heterocycles. The van der Waals surface area contributed by atoms with E-state index < -0.39 is 11.6 Å². The van der Waals surface area contributed by atoms with Crippen LogP contribution in [0, 0.1) is 11.6 Å². The fourth-order valence-electron chi connectivity index (χ4n) is 3.92. The highest BCUT2D eigenvalue weighted by Gasteiger charge is 2.15. The lowest BCUT2D eigenvalue weighted by Crippen LogP contribution is -2.44. The Morgan fingerprint density at radius 2 is 1.72 bits per heavy atom. The van der Waals surface area contributed by atoms with Crippen LogP contribution in [-0.4, -0.2) is 66.2 Å². The number of para-hydroxylation sites is 1. The van der Waals surface area contributed by atoms with Gasteiger partial charge in [-0.3, -0.25) is 0 Å². The van der Waals surface area contributed by atoms with Gasteiger partial charge in [0.25, 0.3) is 0 Å². The molecule has 32 heavy (non-hydrogen) atoms. The minimum Gasteiger partial charge on any atom is -0.507 e. The third-order valence-corrected chi connectivity index (χ3v) is 5.82. The number of rotatable bonds is 7. The van der Waals surface area contributed by atoms with Gasteiger partial charge in [-0.05, 0) is 55.9 Å². The molecule has 0 saturated carbocycles. The molecule has 7 heteroatoms. The summed E-state index contributed by atoms with van der Waals surface area (Å²) < 4.78 is 28.3. The average molecular weight is 439 g/mol. The predicted molar refractivity (Wildman–Crippen MR) is 124 cm³/mol. The van der Waals surface area contributed by atoms with Crippen LogP contribution in [0.4, 0.5) is 14.6 Å². The van der Waals surface area contributed by atoms with E-state index in [1.165, 1.54) is 6.07 Å². The first-order chi connectivity index (χ1) is 15.5. The second kappa shape index (κ2) is 10.1. The van der Waals surface area contributed by atoms with E-state index in [1.807, 2.05) is 0 Å². The van der Waals surface area contributed by atoms with Gasteiger partial charge in [-0.1, -0.05) is 24.3 Å². The van der Waals surface area contributed by atoms with Gasteiger partial charge in [0.1, 0.15) is 11.6 Å². The van der Waals surface area contributed by atoms with Crippen LogP contribution in [0.3, 0.4) is 0 Å². The molecule has 0 unspecified atom stereocenters. The van der Waals surface area contributed by atoms with Gasteiger partial charge in [0.15, 0.2) is 11.6 Å². The number of nitrogens with zero attached hydrogens (tertiary/aromatic N) is 3. The molecule has 0 aliphatic carbocycles. The number of halogens is 2. The van der Waals surface area contributed by atoms with E-state index in [2.05, 4.69) is 27.1 Å². The zero-order chi connectivity index (χ0) is 22.5. The predicted octanol–water partition coefficient (Wildman–Crippen LogP) is 4.45.